The van der Waals surface area contributed by atoms with Gasteiger partial charge in [-0.2, -0.15) is 0 Å². The third kappa shape index (κ3) is 3.27. The fourth-order valence-electron chi connectivity index (χ4n) is 2.95. The minimum atomic E-state index is 0.161. The van der Waals surface area contributed by atoms with Crippen molar-refractivity contribution in [3.05, 3.63) is 41.2 Å². The lowest BCUT2D eigenvalue weighted by atomic mass is 10.0. The first-order valence-corrected chi connectivity index (χ1v) is 9.83. The Morgan fingerprint density at radius 2 is 1.88 bits per heavy atom. The van der Waals surface area contributed by atoms with E-state index in [0.29, 0.717) is 23.6 Å². The largest absolute Gasteiger partial charge is 0.303 e. The molecule has 5 heteroatoms. The molecule has 2 aromatic rings. The van der Waals surface area contributed by atoms with Crippen LogP contribution in [0.2, 0.25) is 0 Å². The van der Waals surface area contributed by atoms with Crippen molar-refractivity contribution in [3.63, 3.8) is 0 Å². The van der Waals surface area contributed by atoms with E-state index in [4.69, 9.17) is 0 Å². The molecule has 0 atom stereocenters. The molecular formula is C19H23N3OS. The van der Waals surface area contributed by atoms with Crippen LogP contribution in [0.25, 0.3) is 0 Å². The maximum Gasteiger partial charge on any atom is 0.191 e. The maximum atomic E-state index is 12.5. The molecule has 0 saturated heterocycles. The molecule has 2 fully saturated rings. The maximum absolute atomic E-state index is 12.5. The van der Waals surface area contributed by atoms with Crippen LogP contribution in [0.4, 0.5) is 0 Å². The van der Waals surface area contributed by atoms with E-state index in [1.54, 1.807) is 0 Å². The fraction of sp³-hybridized carbons (Fsp3) is 0.526. The van der Waals surface area contributed by atoms with Gasteiger partial charge < -0.3 is 4.57 Å². The van der Waals surface area contributed by atoms with E-state index in [0.717, 1.165) is 16.5 Å². The Bertz CT molecular complexity index is 742. The quantitative estimate of drug-likeness (QED) is 0.546. The number of hydrogen-bond acceptors (Lipinski definition) is 4. The smallest absolute Gasteiger partial charge is 0.191 e. The van der Waals surface area contributed by atoms with Gasteiger partial charge in [0.05, 0.1) is 5.75 Å². The summed E-state index contributed by atoms with van der Waals surface area (Å²) in [5.74, 6) is 2.83. The van der Waals surface area contributed by atoms with Crippen LogP contribution in [-0.2, 0) is 0 Å². The van der Waals surface area contributed by atoms with Gasteiger partial charge in [0.15, 0.2) is 10.9 Å². The predicted molar refractivity (Wildman–Crippen MR) is 95.9 cm³/mol. The van der Waals surface area contributed by atoms with Crippen LogP contribution in [0, 0.1) is 0 Å². The molecule has 4 rings (SSSR count). The van der Waals surface area contributed by atoms with Gasteiger partial charge in [-0.1, -0.05) is 49.9 Å². The van der Waals surface area contributed by atoms with Gasteiger partial charge in [-0.3, -0.25) is 4.79 Å². The summed E-state index contributed by atoms with van der Waals surface area (Å²) in [6, 6.07) is 8.57. The van der Waals surface area contributed by atoms with Crippen molar-refractivity contribution in [3.8, 4) is 0 Å². The van der Waals surface area contributed by atoms with Gasteiger partial charge in [-0.25, -0.2) is 0 Å². The summed E-state index contributed by atoms with van der Waals surface area (Å²) in [6.45, 7) is 4.32. The topological polar surface area (TPSA) is 47.8 Å². The van der Waals surface area contributed by atoms with Crippen molar-refractivity contribution < 1.29 is 4.79 Å². The molecule has 4 nitrogen and oxygen atoms in total. The van der Waals surface area contributed by atoms with Gasteiger partial charge in [0.2, 0.25) is 0 Å². The Labute approximate surface area is 147 Å². The molecule has 24 heavy (non-hydrogen) atoms. The van der Waals surface area contributed by atoms with Crippen molar-refractivity contribution in [1.29, 1.82) is 0 Å². The first-order valence-electron chi connectivity index (χ1n) is 8.84. The molecule has 0 aliphatic heterocycles. The highest BCUT2D eigenvalue weighted by Gasteiger charge is 2.36. The Kier molecular flexibility index (Phi) is 4.21. The Morgan fingerprint density at radius 3 is 2.46 bits per heavy atom. The average molecular weight is 341 g/mol. The zero-order valence-electron chi connectivity index (χ0n) is 14.2. The summed E-state index contributed by atoms with van der Waals surface area (Å²) in [7, 11) is 0. The standard InChI is InChI=1S/C19H23N3OS/c1-12(2)13-3-5-14(6-4-13)17(23)11-24-19-21-20-18(15-7-8-15)22(19)16-9-10-16/h3-6,12,15-16H,7-11H2,1-2H3. The van der Waals surface area contributed by atoms with Gasteiger partial charge in [-0.05, 0) is 37.2 Å². The highest BCUT2D eigenvalue weighted by molar-refractivity contribution is 7.99. The number of carbonyl (C=O) groups excluding carboxylic acids is 1. The fourth-order valence-corrected chi connectivity index (χ4v) is 3.86. The monoisotopic (exact) mass is 341 g/mol. The van der Waals surface area contributed by atoms with Gasteiger partial charge in [0, 0.05) is 17.5 Å². The zero-order chi connectivity index (χ0) is 16.7. The summed E-state index contributed by atoms with van der Waals surface area (Å²) in [6.07, 6.45) is 4.90. The van der Waals surface area contributed by atoms with Crippen LogP contribution in [0.5, 0.6) is 0 Å². The highest BCUT2D eigenvalue weighted by Crippen LogP contribution is 2.46. The van der Waals surface area contributed by atoms with E-state index in [9.17, 15) is 4.79 Å². The van der Waals surface area contributed by atoms with Crippen molar-refractivity contribution >= 4 is 17.5 Å². The van der Waals surface area contributed by atoms with Crippen molar-refractivity contribution in [2.24, 2.45) is 0 Å². The number of Topliss-reactive ketones (excluding diaryl/α,β-unsaturated/α-hetero) is 1. The van der Waals surface area contributed by atoms with Crippen LogP contribution in [0.15, 0.2) is 29.4 Å². The summed E-state index contributed by atoms with van der Waals surface area (Å²) in [4.78, 5) is 12.5. The Balaban J connectivity index is 1.44. The first kappa shape index (κ1) is 15.9. The summed E-state index contributed by atoms with van der Waals surface area (Å²) in [5.41, 5.74) is 2.05. The lowest BCUT2D eigenvalue weighted by Gasteiger charge is -2.08. The van der Waals surface area contributed by atoms with Crippen molar-refractivity contribution in [2.45, 2.75) is 62.6 Å². The molecule has 0 N–H and O–H groups in total. The summed E-state index contributed by atoms with van der Waals surface area (Å²) >= 11 is 1.53. The third-order valence-corrected chi connectivity index (χ3v) is 5.72. The predicted octanol–water partition coefficient (Wildman–Crippen LogP) is 4.59. The molecule has 2 aliphatic rings. The van der Waals surface area contributed by atoms with Crippen LogP contribution in [0.3, 0.4) is 0 Å². The first-order chi connectivity index (χ1) is 11.6. The van der Waals surface area contributed by atoms with Gasteiger partial charge in [-0.15, -0.1) is 10.2 Å². The Hall–Kier alpha value is -1.62. The minimum Gasteiger partial charge on any atom is -0.303 e. The molecule has 2 saturated carbocycles. The van der Waals surface area contributed by atoms with Crippen LogP contribution >= 0.6 is 11.8 Å². The van der Waals surface area contributed by atoms with Gasteiger partial charge in [0.1, 0.15) is 5.82 Å². The lowest BCUT2D eigenvalue weighted by Crippen LogP contribution is -2.06. The molecule has 0 amide bonds. The van der Waals surface area contributed by atoms with Crippen molar-refractivity contribution in [2.75, 3.05) is 5.75 Å². The summed E-state index contributed by atoms with van der Waals surface area (Å²) in [5, 5.41) is 9.69. The SMILES string of the molecule is CC(C)c1ccc(C(=O)CSc2nnc(C3CC3)n2C2CC2)cc1. The van der Waals surface area contributed by atoms with E-state index in [2.05, 4.69) is 40.7 Å². The van der Waals surface area contributed by atoms with Crippen LogP contribution in [-0.4, -0.2) is 26.3 Å². The van der Waals surface area contributed by atoms with Gasteiger partial charge >= 0.3 is 0 Å². The zero-order valence-corrected chi connectivity index (χ0v) is 15.1. The summed E-state index contributed by atoms with van der Waals surface area (Å²) < 4.78 is 2.30. The number of nitrogens with zero attached hydrogens (tertiary/aromatic N) is 3. The molecule has 0 radical (unpaired) electrons. The molecule has 0 spiro atoms. The number of thioether (sulfide) groups is 1. The van der Waals surface area contributed by atoms with E-state index < -0.39 is 0 Å². The van der Waals surface area contributed by atoms with E-state index >= 15 is 0 Å². The molecular weight excluding hydrogens is 318 g/mol. The van der Waals surface area contributed by atoms with Crippen molar-refractivity contribution in [1.82, 2.24) is 14.8 Å². The number of ketones is 1. The molecule has 2 aliphatic carbocycles. The molecule has 126 valence electrons. The lowest BCUT2D eigenvalue weighted by molar-refractivity contribution is 0.102. The number of benzene rings is 1. The van der Waals surface area contributed by atoms with Crippen LogP contribution in [0.1, 0.15) is 79.2 Å². The second-order valence-electron chi connectivity index (χ2n) is 7.20. The average Bonchev–Trinajstić information content (AvgIpc) is 3.51. The van der Waals surface area contributed by atoms with E-state index in [1.165, 1.54) is 43.0 Å². The molecule has 0 unspecified atom stereocenters. The normalized spacial score (nSPS) is 17.5. The number of carbonyl (C=O) groups is 1. The Morgan fingerprint density at radius 1 is 1.17 bits per heavy atom. The number of hydrogen-bond donors (Lipinski definition) is 0. The molecule has 1 aromatic carbocycles. The highest BCUT2D eigenvalue weighted by atomic mass is 32.2. The molecule has 0 bridgehead atoms. The third-order valence-electron chi connectivity index (χ3n) is 4.78. The number of rotatable bonds is 7. The van der Waals surface area contributed by atoms with Gasteiger partial charge in [0.25, 0.3) is 0 Å². The molecule has 1 aromatic heterocycles. The van der Waals surface area contributed by atoms with Crippen LogP contribution < -0.4 is 0 Å². The second-order valence-corrected chi connectivity index (χ2v) is 8.15. The van der Waals surface area contributed by atoms with E-state index in [-0.39, 0.29) is 5.78 Å². The second kappa shape index (κ2) is 6.36. The molecule has 1 heterocycles. The minimum absolute atomic E-state index is 0.161. The number of aromatic nitrogens is 3. The van der Waals surface area contributed by atoms with E-state index in [1.807, 2.05) is 12.1 Å².